The minimum absolute atomic E-state index is 0.342. The van der Waals surface area contributed by atoms with E-state index < -0.39 is 26.5 Å². The van der Waals surface area contributed by atoms with E-state index in [1.807, 2.05) is 0 Å². The average Bonchev–Trinajstić information content (AvgIpc) is 2.45. The van der Waals surface area contributed by atoms with Crippen LogP contribution in [0.15, 0.2) is 15.6 Å². The number of esters is 1. The van der Waals surface area contributed by atoms with E-state index in [1.54, 1.807) is 0 Å². The summed E-state index contributed by atoms with van der Waals surface area (Å²) in [7, 11) is -3.94. The van der Waals surface area contributed by atoms with Crippen LogP contribution in [0.3, 0.4) is 0 Å². The first-order valence-electron chi connectivity index (χ1n) is 3.18. The van der Waals surface area contributed by atoms with Gasteiger partial charge in [0.2, 0.25) is 5.22 Å². The summed E-state index contributed by atoms with van der Waals surface area (Å²) in [5, 5.41) is -1.56. The van der Waals surface area contributed by atoms with Gasteiger partial charge in [0.1, 0.15) is 5.56 Å². The van der Waals surface area contributed by atoms with Gasteiger partial charge in [-0.1, -0.05) is 3.89 Å². The highest BCUT2D eigenvalue weighted by Gasteiger charge is 2.24. The molecule has 5 nitrogen and oxygen atoms in total. The number of methoxy groups -OCH3 is 1. The fourth-order valence-electron chi connectivity index (χ4n) is 0.717. The third-order valence-corrected chi connectivity index (χ3v) is 2.27. The summed E-state index contributed by atoms with van der Waals surface area (Å²) in [5.74, 6) is -0.909. The Hall–Kier alpha value is -1.08. The molecule has 0 amide bonds. The Kier molecular flexibility index (Phi) is 2.81. The average molecular weight is 243 g/mol. The molecule has 0 fully saturated rings. The third kappa shape index (κ3) is 2.05. The summed E-state index contributed by atoms with van der Waals surface area (Å²) < 4.78 is 41.6. The van der Waals surface area contributed by atoms with Crippen LogP contribution in [-0.2, 0) is 15.0 Å². The molecule has 0 bridgehead atoms. The van der Waals surface area contributed by atoms with Gasteiger partial charge in [-0.25, -0.2) is 4.79 Å². The lowest BCUT2D eigenvalue weighted by atomic mass is 10.3. The van der Waals surface area contributed by atoms with Crippen LogP contribution in [0.4, 0.5) is 3.89 Å². The van der Waals surface area contributed by atoms with Crippen LogP contribution in [0, 0.1) is 0 Å². The van der Waals surface area contributed by atoms with Crippen molar-refractivity contribution in [1.82, 2.24) is 0 Å². The number of ether oxygens (including phenoxy) is 1. The largest absolute Gasteiger partial charge is 0.465 e. The Bertz CT molecular complexity index is 463. The molecule has 0 radical (unpaired) electrons. The van der Waals surface area contributed by atoms with Crippen LogP contribution in [-0.4, -0.2) is 21.5 Å². The van der Waals surface area contributed by atoms with E-state index >= 15 is 0 Å². The number of hydrogen-bond acceptors (Lipinski definition) is 5. The molecule has 8 heteroatoms. The Morgan fingerprint density at radius 2 is 2.21 bits per heavy atom. The van der Waals surface area contributed by atoms with Gasteiger partial charge in [0.15, 0.2) is 0 Å². The van der Waals surface area contributed by atoms with E-state index in [1.165, 1.54) is 0 Å². The van der Waals surface area contributed by atoms with Gasteiger partial charge in [-0.05, 0) is 11.6 Å². The molecule has 0 aliphatic heterocycles. The van der Waals surface area contributed by atoms with Crippen LogP contribution in [0.1, 0.15) is 10.4 Å². The second kappa shape index (κ2) is 3.58. The van der Waals surface area contributed by atoms with Crippen molar-refractivity contribution in [2.24, 2.45) is 0 Å². The Labute approximate surface area is 83.6 Å². The van der Waals surface area contributed by atoms with Crippen molar-refractivity contribution in [3.05, 3.63) is 16.8 Å². The first-order valence-corrected chi connectivity index (χ1v) is 4.94. The number of carbonyl (C=O) groups is 1. The van der Waals surface area contributed by atoms with Crippen LogP contribution >= 0.6 is 11.6 Å². The summed E-state index contributed by atoms with van der Waals surface area (Å²) in [4.78, 5) is 10.9. The van der Waals surface area contributed by atoms with Crippen molar-refractivity contribution in [2.75, 3.05) is 7.11 Å². The van der Waals surface area contributed by atoms with Crippen LogP contribution in [0.25, 0.3) is 0 Å². The Morgan fingerprint density at radius 3 is 2.57 bits per heavy atom. The van der Waals surface area contributed by atoms with Crippen molar-refractivity contribution in [2.45, 2.75) is 5.09 Å². The highest BCUT2D eigenvalue weighted by Crippen LogP contribution is 2.25. The minimum Gasteiger partial charge on any atom is -0.465 e. The van der Waals surface area contributed by atoms with E-state index in [-0.39, 0.29) is 5.56 Å². The maximum absolute atomic E-state index is 12.3. The zero-order chi connectivity index (χ0) is 10.9. The first-order chi connectivity index (χ1) is 6.36. The van der Waals surface area contributed by atoms with Gasteiger partial charge in [0.25, 0.3) is 5.09 Å². The molecule has 1 rings (SSSR count). The van der Waals surface area contributed by atoms with Crippen molar-refractivity contribution < 1.29 is 26.3 Å². The maximum atomic E-state index is 12.3. The molecule has 0 aromatic carbocycles. The predicted molar refractivity (Wildman–Crippen MR) is 43.4 cm³/mol. The molecule has 0 unspecified atom stereocenters. The lowest BCUT2D eigenvalue weighted by molar-refractivity contribution is 0.0600. The van der Waals surface area contributed by atoms with Gasteiger partial charge in [-0.3, -0.25) is 0 Å². The number of carbonyl (C=O) groups excluding carboxylic acids is 1. The molecule has 1 aromatic rings. The lowest BCUT2D eigenvalue weighted by Gasteiger charge is -1.91. The summed E-state index contributed by atoms with van der Waals surface area (Å²) in [6.07, 6.45) is 0. The van der Waals surface area contributed by atoms with Gasteiger partial charge in [0, 0.05) is 6.07 Å². The van der Waals surface area contributed by atoms with Crippen molar-refractivity contribution >= 4 is 27.8 Å². The predicted octanol–water partition coefficient (Wildman–Crippen LogP) is 1.38. The molecule has 0 saturated heterocycles. The molecular weight excluding hydrogens is 239 g/mol. The van der Waals surface area contributed by atoms with Gasteiger partial charge in [0.05, 0.1) is 7.11 Å². The van der Waals surface area contributed by atoms with Gasteiger partial charge < -0.3 is 9.15 Å². The standard InChI is InChI=1S/C6H4ClFO5S/c1-12-6(9)3-2-4(13-5(3)7)14(8,10)11/h2H,1H3. The molecule has 0 saturated carbocycles. The normalized spacial score (nSPS) is 11.4. The third-order valence-electron chi connectivity index (χ3n) is 1.31. The summed E-state index contributed by atoms with van der Waals surface area (Å²) >= 11 is 5.33. The molecule has 14 heavy (non-hydrogen) atoms. The van der Waals surface area contributed by atoms with E-state index in [4.69, 9.17) is 11.6 Å². The zero-order valence-electron chi connectivity index (χ0n) is 6.78. The van der Waals surface area contributed by atoms with E-state index in [9.17, 15) is 17.1 Å². The zero-order valence-corrected chi connectivity index (χ0v) is 8.36. The quantitative estimate of drug-likeness (QED) is 0.579. The number of hydrogen-bond donors (Lipinski definition) is 0. The van der Waals surface area contributed by atoms with E-state index in [2.05, 4.69) is 9.15 Å². The number of rotatable bonds is 2. The molecule has 0 atom stereocenters. The Balaban J connectivity index is 3.25. The maximum Gasteiger partial charge on any atom is 0.365 e. The molecule has 0 spiro atoms. The highest BCUT2D eigenvalue weighted by atomic mass is 35.5. The van der Waals surface area contributed by atoms with Gasteiger partial charge in [-0.2, -0.15) is 8.42 Å². The lowest BCUT2D eigenvalue weighted by Crippen LogP contribution is -1.99. The monoisotopic (exact) mass is 242 g/mol. The molecule has 1 aromatic heterocycles. The van der Waals surface area contributed by atoms with Crippen LogP contribution in [0.2, 0.25) is 5.22 Å². The minimum atomic E-state index is -5.01. The Morgan fingerprint density at radius 1 is 1.64 bits per heavy atom. The van der Waals surface area contributed by atoms with Gasteiger partial charge in [-0.15, -0.1) is 0 Å². The molecule has 0 aliphatic rings. The second-order valence-corrected chi connectivity index (χ2v) is 3.80. The molecule has 0 aliphatic carbocycles. The summed E-state index contributed by atoms with van der Waals surface area (Å²) in [5.41, 5.74) is -0.342. The first kappa shape index (κ1) is 11.0. The van der Waals surface area contributed by atoms with Crippen molar-refractivity contribution in [1.29, 1.82) is 0 Å². The van der Waals surface area contributed by atoms with Crippen LogP contribution in [0.5, 0.6) is 0 Å². The highest BCUT2D eigenvalue weighted by molar-refractivity contribution is 7.86. The fraction of sp³-hybridized carbons (Fsp3) is 0.167. The number of halogens is 2. The van der Waals surface area contributed by atoms with Crippen LogP contribution < -0.4 is 0 Å². The van der Waals surface area contributed by atoms with E-state index in [0.717, 1.165) is 7.11 Å². The smallest absolute Gasteiger partial charge is 0.365 e. The molecular formula is C6H4ClFO5S. The summed E-state index contributed by atoms with van der Waals surface area (Å²) in [6.45, 7) is 0. The summed E-state index contributed by atoms with van der Waals surface area (Å²) in [6, 6.07) is 0.656. The van der Waals surface area contributed by atoms with Gasteiger partial charge >= 0.3 is 16.2 Å². The second-order valence-electron chi connectivity index (χ2n) is 2.18. The molecule has 0 N–H and O–H groups in total. The van der Waals surface area contributed by atoms with E-state index in [0.29, 0.717) is 6.07 Å². The fourth-order valence-corrected chi connectivity index (χ4v) is 1.42. The molecule has 1 heterocycles. The number of furan rings is 1. The molecule has 78 valence electrons. The topological polar surface area (TPSA) is 73.6 Å². The SMILES string of the molecule is COC(=O)c1cc(S(=O)(=O)F)oc1Cl. The van der Waals surface area contributed by atoms with Crippen molar-refractivity contribution in [3.63, 3.8) is 0 Å². The van der Waals surface area contributed by atoms with Crippen molar-refractivity contribution in [3.8, 4) is 0 Å².